The molecule has 0 radical (unpaired) electrons. The van der Waals surface area contributed by atoms with Crippen molar-refractivity contribution in [1.29, 1.82) is 0 Å². The van der Waals surface area contributed by atoms with E-state index in [4.69, 9.17) is 4.42 Å². The molecule has 260 valence electrons. The Bertz CT molecular complexity index is 3120. The van der Waals surface area contributed by atoms with Gasteiger partial charge in [-0.1, -0.05) is 166 Å². The molecule has 1 aliphatic carbocycles. The van der Waals surface area contributed by atoms with E-state index in [1.807, 2.05) is 6.07 Å². The van der Waals surface area contributed by atoms with E-state index in [2.05, 4.69) is 201 Å². The molecule has 0 fully saturated rings. The first-order chi connectivity index (χ1) is 27.0. The summed E-state index contributed by atoms with van der Waals surface area (Å²) in [6.07, 6.45) is 0. The Labute approximate surface area is 320 Å². The van der Waals surface area contributed by atoms with E-state index in [1.54, 1.807) is 0 Å². The number of benzene rings is 9. The van der Waals surface area contributed by atoms with Gasteiger partial charge in [-0.3, -0.25) is 0 Å². The maximum absolute atomic E-state index is 6.67. The third-order valence-electron chi connectivity index (χ3n) is 11.9. The average Bonchev–Trinajstić information content (AvgIpc) is 3.73. The Balaban J connectivity index is 1.07. The number of hydrogen-bond acceptors (Lipinski definition) is 2. The number of fused-ring (bicyclic) bond motifs is 8. The van der Waals surface area contributed by atoms with Gasteiger partial charge in [0.25, 0.3) is 0 Å². The topological polar surface area (TPSA) is 16.4 Å². The third-order valence-corrected chi connectivity index (χ3v) is 11.9. The lowest BCUT2D eigenvalue weighted by Gasteiger charge is -2.28. The fraction of sp³-hybridized carbons (Fsp3) is 0.0566. The van der Waals surface area contributed by atoms with Gasteiger partial charge in [-0.25, -0.2) is 0 Å². The van der Waals surface area contributed by atoms with Gasteiger partial charge >= 0.3 is 0 Å². The van der Waals surface area contributed by atoms with Gasteiger partial charge in [-0.05, 0) is 102 Å². The van der Waals surface area contributed by atoms with Crippen LogP contribution in [0.3, 0.4) is 0 Å². The summed E-state index contributed by atoms with van der Waals surface area (Å²) >= 11 is 0. The minimum Gasteiger partial charge on any atom is -0.454 e. The van der Waals surface area contributed by atoms with E-state index in [0.717, 1.165) is 39.0 Å². The summed E-state index contributed by atoms with van der Waals surface area (Å²) in [5.41, 5.74) is 15.1. The van der Waals surface area contributed by atoms with E-state index in [-0.39, 0.29) is 5.41 Å². The molecule has 0 saturated heterocycles. The second-order valence-electron chi connectivity index (χ2n) is 15.3. The second kappa shape index (κ2) is 12.1. The molecule has 2 nitrogen and oxygen atoms in total. The number of para-hydroxylation sites is 2. The summed E-state index contributed by atoms with van der Waals surface area (Å²) in [5.74, 6) is 0. The lowest BCUT2D eigenvalue weighted by Crippen LogP contribution is -2.16. The minimum absolute atomic E-state index is 0.123. The molecule has 0 atom stereocenters. The highest BCUT2D eigenvalue weighted by atomic mass is 16.3. The van der Waals surface area contributed by atoms with Crippen LogP contribution in [0, 0.1) is 0 Å². The molecule has 0 saturated carbocycles. The van der Waals surface area contributed by atoms with Crippen LogP contribution in [0.1, 0.15) is 25.0 Å². The van der Waals surface area contributed by atoms with Gasteiger partial charge in [0.2, 0.25) is 0 Å². The molecule has 1 aromatic heterocycles. The van der Waals surface area contributed by atoms with Crippen LogP contribution in [0.15, 0.2) is 192 Å². The van der Waals surface area contributed by atoms with Crippen LogP contribution in [0.4, 0.5) is 17.1 Å². The van der Waals surface area contributed by atoms with Crippen LogP contribution in [0.5, 0.6) is 0 Å². The molecule has 1 heterocycles. The van der Waals surface area contributed by atoms with Gasteiger partial charge in [0.1, 0.15) is 5.58 Å². The van der Waals surface area contributed by atoms with Gasteiger partial charge in [0, 0.05) is 27.6 Å². The molecule has 0 aliphatic heterocycles. The van der Waals surface area contributed by atoms with Gasteiger partial charge in [-0.2, -0.15) is 0 Å². The summed E-state index contributed by atoms with van der Waals surface area (Å²) in [5, 5.41) is 7.25. The first kappa shape index (κ1) is 31.6. The molecule has 0 bridgehead atoms. The molecule has 1 aliphatic rings. The molecular weight excluding hydrogens is 667 g/mol. The summed E-state index contributed by atoms with van der Waals surface area (Å²) < 4.78 is 6.67. The van der Waals surface area contributed by atoms with Gasteiger partial charge in [-0.15, -0.1) is 0 Å². The highest BCUT2D eigenvalue weighted by molar-refractivity contribution is 6.11. The molecular formula is C53H37NO. The fourth-order valence-electron chi connectivity index (χ4n) is 9.20. The molecule has 55 heavy (non-hydrogen) atoms. The minimum atomic E-state index is -0.123. The second-order valence-corrected chi connectivity index (χ2v) is 15.3. The Morgan fingerprint density at radius 3 is 1.82 bits per heavy atom. The van der Waals surface area contributed by atoms with Crippen LogP contribution in [0.2, 0.25) is 0 Å². The first-order valence-electron chi connectivity index (χ1n) is 19.1. The lowest BCUT2D eigenvalue weighted by atomic mass is 9.82. The molecule has 0 N–H and O–H groups in total. The molecule has 0 unspecified atom stereocenters. The molecule has 0 spiro atoms. The highest BCUT2D eigenvalue weighted by Gasteiger charge is 2.36. The quantitative estimate of drug-likeness (QED) is 0.177. The summed E-state index contributed by atoms with van der Waals surface area (Å²) in [6.45, 7) is 4.69. The van der Waals surface area contributed by atoms with E-state index in [1.165, 1.54) is 66.1 Å². The van der Waals surface area contributed by atoms with Crippen molar-refractivity contribution in [3.8, 4) is 33.4 Å². The van der Waals surface area contributed by atoms with Crippen molar-refractivity contribution >= 4 is 60.5 Å². The molecule has 2 heteroatoms. The predicted molar refractivity (Wildman–Crippen MR) is 232 cm³/mol. The summed E-state index contributed by atoms with van der Waals surface area (Å²) in [7, 11) is 0. The third kappa shape index (κ3) is 4.81. The van der Waals surface area contributed by atoms with Crippen molar-refractivity contribution in [2.75, 3.05) is 4.90 Å². The van der Waals surface area contributed by atoms with Crippen LogP contribution in [0.25, 0.3) is 76.9 Å². The summed E-state index contributed by atoms with van der Waals surface area (Å²) in [6, 6.07) is 68.4. The number of nitrogens with zero attached hydrogens (tertiary/aromatic N) is 1. The van der Waals surface area contributed by atoms with Crippen LogP contribution >= 0.6 is 0 Å². The zero-order chi connectivity index (χ0) is 36.7. The van der Waals surface area contributed by atoms with Crippen molar-refractivity contribution in [2.45, 2.75) is 19.3 Å². The van der Waals surface area contributed by atoms with Crippen molar-refractivity contribution in [2.24, 2.45) is 0 Å². The predicted octanol–water partition coefficient (Wildman–Crippen LogP) is 15.0. The Hall–Kier alpha value is -6.90. The molecule has 9 aromatic carbocycles. The number of rotatable bonds is 5. The number of anilines is 3. The van der Waals surface area contributed by atoms with Crippen molar-refractivity contribution < 1.29 is 4.42 Å². The zero-order valence-electron chi connectivity index (χ0n) is 30.8. The van der Waals surface area contributed by atoms with E-state index in [9.17, 15) is 0 Å². The standard InChI is InChI=1S/C53H37NO/c1-53(2)48-22-9-7-18-44(48)45-30-29-37(33-49(45)53)54(50-23-12-21-47-46-19-8-10-24-51(46)55-52(47)50)36-27-25-35(26-28-36)39-31-32-43(42-17-6-5-16-40(39)42)41-20-11-14-34-13-3-4-15-38(34)41/h3-33H,1-2H3. The van der Waals surface area contributed by atoms with Gasteiger partial charge < -0.3 is 9.32 Å². The van der Waals surface area contributed by atoms with Gasteiger partial charge in [0.05, 0.1) is 5.69 Å². The van der Waals surface area contributed by atoms with Crippen LogP contribution in [-0.4, -0.2) is 0 Å². The lowest BCUT2D eigenvalue weighted by molar-refractivity contribution is 0.660. The smallest absolute Gasteiger partial charge is 0.159 e. The monoisotopic (exact) mass is 703 g/mol. The maximum atomic E-state index is 6.67. The number of hydrogen-bond donors (Lipinski definition) is 0. The van der Waals surface area contributed by atoms with Crippen LogP contribution in [-0.2, 0) is 5.41 Å². The van der Waals surface area contributed by atoms with Crippen molar-refractivity contribution in [3.63, 3.8) is 0 Å². The van der Waals surface area contributed by atoms with Gasteiger partial charge in [0.15, 0.2) is 5.58 Å². The Morgan fingerprint density at radius 2 is 0.964 bits per heavy atom. The Kier molecular flexibility index (Phi) is 6.93. The zero-order valence-corrected chi connectivity index (χ0v) is 30.8. The largest absolute Gasteiger partial charge is 0.454 e. The molecule has 0 amide bonds. The SMILES string of the molecule is CC1(C)c2ccccc2-c2ccc(N(c3ccc(-c4ccc(-c5cccc6ccccc56)c5ccccc45)cc3)c3cccc4c3oc3ccccc34)cc21. The van der Waals surface area contributed by atoms with Crippen LogP contribution < -0.4 is 4.90 Å². The highest BCUT2D eigenvalue weighted by Crippen LogP contribution is 2.51. The summed E-state index contributed by atoms with van der Waals surface area (Å²) in [4.78, 5) is 2.37. The number of furan rings is 1. The normalized spacial score (nSPS) is 13.1. The first-order valence-corrected chi connectivity index (χ1v) is 19.1. The average molecular weight is 704 g/mol. The van der Waals surface area contributed by atoms with E-state index in [0.29, 0.717) is 0 Å². The van der Waals surface area contributed by atoms with Crippen molar-refractivity contribution in [1.82, 2.24) is 0 Å². The fourth-order valence-corrected chi connectivity index (χ4v) is 9.20. The maximum Gasteiger partial charge on any atom is 0.159 e. The molecule has 11 rings (SSSR count). The molecule has 10 aromatic rings. The van der Waals surface area contributed by atoms with Crippen molar-refractivity contribution in [3.05, 3.63) is 199 Å². The Morgan fingerprint density at radius 1 is 0.400 bits per heavy atom. The van der Waals surface area contributed by atoms with E-state index >= 15 is 0 Å². The van der Waals surface area contributed by atoms with E-state index < -0.39 is 0 Å².